The fraction of sp³-hybridized carbons (Fsp3) is 0.143. The SMILES string of the molecule is COc1ccccc1-n1c(O)c(C=NC(=S)Nc2ccc(C)cc2C)c(=O)[nH]c1=O. The van der Waals surface area contributed by atoms with Gasteiger partial charge in [-0.25, -0.2) is 14.4 Å². The zero-order valence-electron chi connectivity index (χ0n) is 16.6. The van der Waals surface area contributed by atoms with Crippen molar-refractivity contribution in [2.75, 3.05) is 12.4 Å². The third-order valence-corrected chi connectivity index (χ3v) is 4.59. The Kier molecular flexibility index (Phi) is 6.12. The summed E-state index contributed by atoms with van der Waals surface area (Å²) in [6.45, 7) is 3.92. The second-order valence-corrected chi connectivity index (χ2v) is 6.90. The van der Waals surface area contributed by atoms with Crippen LogP contribution >= 0.6 is 12.2 Å². The number of anilines is 1. The molecule has 0 atom stereocenters. The third kappa shape index (κ3) is 4.31. The van der Waals surface area contributed by atoms with Crippen molar-refractivity contribution < 1.29 is 9.84 Å². The normalized spacial score (nSPS) is 10.9. The highest BCUT2D eigenvalue weighted by molar-refractivity contribution is 7.80. The molecule has 0 spiro atoms. The van der Waals surface area contributed by atoms with E-state index in [0.717, 1.165) is 27.6 Å². The maximum atomic E-state index is 12.3. The quantitative estimate of drug-likeness (QED) is 0.439. The van der Waals surface area contributed by atoms with Crippen LogP contribution in [0.4, 0.5) is 5.69 Å². The van der Waals surface area contributed by atoms with E-state index in [0.29, 0.717) is 5.75 Å². The summed E-state index contributed by atoms with van der Waals surface area (Å²) in [6.07, 6.45) is 1.11. The van der Waals surface area contributed by atoms with Gasteiger partial charge in [-0.2, -0.15) is 0 Å². The largest absolute Gasteiger partial charge is 0.495 e. The van der Waals surface area contributed by atoms with Crippen molar-refractivity contribution in [3.8, 4) is 17.3 Å². The van der Waals surface area contributed by atoms with Gasteiger partial charge in [0.25, 0.3) is 5.56 Å². The Bertz CT molecular complexity index is 1260. The summed E-state index contributed by atoms with van der Waals surface area (Å²) in [5.74, 6) is -0.233. The number of benzene rings is 2. The average molecular weight is 424 g/mol. The molecule has 3 N–H and O–H groups in total. The van der Waals surface area contributed by atoms with Crippen LogP contribution in [0, 0.1) is 13.8 Å². The summed E-state index contributed by atoms with van der Waals surface area (Å²) in [6, 6.07) is 12.4. The van der Waals surface area contributed by atoms with Gasteiger partial charge in [0, 0.05) is 11.9 Å². The van der Waals surface area contributed by atoms with Crippen molar-refractivity contribution in [1.29, 1.82) is 0 Å². The number of nitrogens with one attached hydrogen (secondary N) is 2. The van der Waals surface area contributed by atoms with E-state index in [4.69, 9.17) is 17.0 Å². The van der Waals surface area contributed by atoms with Crippen molar-refractivity contribution in [3.05, 3.63) is 80.0 Å². The first-order valence-corrected chi connectivity index (χ1v) is 9.36. The fourth-order valence-electron chi connectivity index (χ4n) is 2.92. The molecule has 0 amide bonds. The molecule has 3 aromatic rings. The van der Waals surface area contributed by atoms with Crippen molar-refractivity contribution in [1.82, 2.24) is 9.55 Å². The van der Waals surface area contributed by atoms with Crippen molar-refractivity contribution in [2.24, 2.45) is 4.99 Å². The molecule has 3 rings (SSSR count). The Balaban J connectivity index is 1.97. The van der Waals surface area contributed by atoms with Crippen LogP contribution in [0.1, 0.15) is 16.7 Å². The Morgan fingerprint density at radius 2 is 1.97 bits per heavy atom. The molecular weight excluding hydrogens is 404 g/mol. The zero-order valence-corrected chi connectivity index (χ0v) is 17.4. The molecule has 154 valence electrons. The molecule has 8 nitrogen and oxygen atoms in total. The topological polar surface area (TPSA) is 109 Å². The summed E-state index contributed by atoms with van der Waals surface area (Å²) in [5.41, 5.74) is 1.33. The molecule has 0 aliphatic rings. The van der Waals surface area contributed by atoms with E-state index in [1.54, 1.807) is 24.3 Å². The predicted octanol–water partition coefficient (Wildman–Crippen LogP) is 2.67. The summed E-state index contributed by atoms with van der Waals surface area (Å²) < 4.78 is 6.17. The van der Waals surface area contributed by atoms with Gasteiger partial charge in [0.05, 0.1) is 12.8 Å². The predicted molar refractivity (Wildman–Crippen MR) is 121 cm³/mol. The van der Waals surface area contributed by atoms with E-state index < -0.39 is 17.1 Å². The lowest BCUT2D eigenvalue weighted by atomic mass is 10.1. The van der Waals surface area contributed by atoms with E-state index in [9.17, 15) is 14.7 Å². The summed E-state index contributed by atoms with van der Waals surface area (Å²) in [5, 5.41) is 13.7. The van der Waals surface area contributed by atoms with Gasteiger partial charge < -0.3 is 15.2 Å². The van der Waals surface area contributed by atoms with E-state index in [2.05, 4.69) is 15.3 Å². The third-order valence-electron chi connectivity index (χ3n) is 4.38. The number of para-hydroxylation sites is 2. The molecule has 1 heterocycles. The molecule has 30 heavy (non-hydrogen) atoms. The number of methoxy groups -OCH3 is 1. The first-order valence-electron chi connectivity index (χ1n) is 8.96. The lowest BCUT2D eigenvalue weighted by Gasteiger charge is -2.13. The Morgan fingerprint density at radius 1 is 1.23 bits per heavy atom. The highest BCUT2D eigenvalue weighted by atomic mass is 32.1. The van der Waals surface area contributed by atoms with Crippen LogP contribution in [-0.4, -0.2) is 33.1 Å². The lowest BCUT2D eigenvalue weighted by molar-refractivity contribution is 0.401. The maximum Gasteiger partial charge on any atom is 0.335 e. The Hall–Kier alpha value is -3.72. The number of thiocarbonyl (C=S) groups is 1. The molecule has 2 aromatic carbocycles. The van der Waals surface area contributed by atoms with Gasteiger partial charge in [-0.1, -0.05) is 29.8 Å². The minimum Gasteiger partial charge on any atom is -0.495 e. The monoisotopic (exact) mass is 424 g/mol. The second kappa shape index (κ2) is 8.75. The first-order chi connectivity index (χ1) is 14.3. The number of hydrogen-bond acceptors (Lipinski definition) is 5. The molecule has 0 saturated heterocycles. The van der Waals surface area contributed by atoms with Crippen LogP contribution in [0.2, 0.25) is 0 Å². The number of H-pyrrole nitrogens is 1. The maximum absolute atomic E-state index is 12.3. The Labute approximate surface area is 177 Å². The number of aromatic hydroxyl groups is 1. The smallest absolute Gasteiger partial charge is 0.335 e. The number of nitrogens with zero attached hydrogens (tertiary/aromatic N) is 2. The van der Waals surface area contributed by atoms with Gasteiger partial charge in [0.2, 0.25) is 5.88 Å². The molecule has 0 bridgehead atoms. The molecule has 0 unspecified atom stereocenters. The summed E-state index contributed by atoms with van der Waals surface area (Å²) in [7, 11) is 1.44. The van der Waals surface area contributed by atoms with Gasteiger partial charge in [-0.15, -0.1) is 0 Å². The van der Waals surface area contributed by atoms with E-state index in [1.165, 1.54) is 7.11 Å². The molecular formula is C21H20N4O4S. The van der Waals surface area contributed by atoms with Crippen molar-refractivity contribution >= 4 is 29.2 Å². The van der Waals surface area contributed by atoms with Gasteiger partial charge in [-0.05, 0) is 49.8 Å². The van der Waals surface area contributed by atoms with Gasteiger partial charge in [0.15, 0.2) is 5.11 Å². The lowest BCUT2D eigenvalue weighted by Crippen LogP contribution is -2.31. The number of rotatable bonds is 4. The van der Waals surface area contributed by atoms with Crippen LogP contribution in [0.3, 0.4) is 0 Å². The molecule has 0 fully saturated rings. The second-order valence-electron chi connectivity index (χ2n) is 6.51. The minimum absolute atomic E-state index is 0.0933. The number of aliphatic imine (C=N–C) groups is 1. The van der Waals surface area contributed by atoms with Crippen molar-refractivity contribution in [3.63, 3.8) is 0 Å². The molecule has 0 saturated carbocycles. The first kappa shape index (κ1) is 21.0. The van der Waals surface area contributed by atoms with Crippen LogP contribution < -0.4 is 21.3 Å². The molecule has 9 heteroatoms. The highest BCUT2D eigenvalue weighted by Crippen LogP contribution is 2.24. The average Bonchev–Trinajstić information content (AvgIpc) is 2.70. The number of aromatic nitrogens is 2. The van der Waals surface area contributed by atoms with E-state index in [1.807, 2.05) is 32.0 Å². The molecule has 0 aliphatic carbocycles. The number of hydrogen-bond donors (Lipinski definition) is 3. The van der Waals surface area contributed by atoms with Crippen LogP contribution in [0.25, 0.3) is 5.69 Å². The molecule has 0 radical (unpaired) electrons. The minimum atomic E-state index is -0.810. The zero-order chi connectivity index (χ0) is 21.8. The number of ether oxygens (including phenoxy) is 1. The van der Waals surface area contributed by atoms with E-state index >= 15 is 0 Å². The summed E-state index contributed by atoms with van der Waals surface area (Å²) >= 11 is 5.21. The summed E-state index contributed by atoms with van der Waals surface area (Å²) in [4.78, 5) is 30.8. The molecule has 1 aromatic heterocycles. The number of aromatic amines is 1. The van der Waals surface area contributed by atoms with Crippen LogP contribution in [0.5, 0.6) is 11.6 Å². The molecule has 0 aliphatic heterocycles. The van der Waals surface area contributed by atoms with Gasteiger partial charge in [-0.3, -0.25) is 9.78 Å². The Morgan fingerprint density at radius 3 is 2.67 bits per heavy atom. The van der Waals surface area contributed by atoms with Crippen LogP contribution in [-0.2, 0) is 0 Å². The highest BCUT2D eigenvalue weighted by Gasteiger charge is 2.17. The van der Waals surface area contributed by atoms with Gasteiger partial charge >= 0.3 is 5.69 Å². The number of aryl methyl sites for hydroxylation is 2. The van der Waals surface area contributed by atoms with E-state index in [-0.39, 0.29) is 16.4 Å². The standard InChI is InChI=1S/C21H20N4O4S/c1-12-8-9-15(13(2)10-12)23-20(30)22-11-14-18(26)24-21(28)25(19(14)27)16-6-4-5-7-17(16)29-3/h4-11,27H,1-3H3,(H,23,30)(H,24,26,28). The van der Waals surface area contributed by atoms with Crippen LogP contribution in [0.15, 0.2) is 57.0 Å². The van der Waals surface area contributed by atoms with Crippen molar-refractivity contribution in [2.45, 2.75) is 13.8 Å². The fourth-order valence-corrected chi connectivity index (χ4v) is 3.08. The van der Waals surface area contributed by atoms with Gasteiger partial charge in [0.1, 0.15) is 11.3 Å².